The summed E-state index contributed by atoms with van der Waals surface area (Å²) in [5.74, 6) is 1.23. The maximum Gasteiger partial charge on any atom is 0.240 e. The van der Waals surface area contributed by atoms with Gasteiger partial charge in [-0.2, -0.15) is 0 Å². The molecule has 0 bridgehead atoms. The van der Waals surface area contributed by atoms with Gasteiger partial charge in [0, 0.05) is 11.6 Å². The Balaban J connectivity index is 2.89. The predicted molar refractivity (Wildman–Crippen MR) is 83.6 cm³/mol. The molecule has 2 atom stereocenters. The van der Waals surface area contributed by atoms with Crippen LogP contribution < -0.4 is 20.5 Å². The zero-order valence-electron chi connectivity index (χ0n) is 13.5. The van der Waals surface area contributed by atoms with Gasteiger partial charge in [0.15, 0.2) is 0 Å². The summed E-state index contributed by atoms with van der Waals surface area (Å²) in [5, 5.41) is 2.95. The van der Waals surface area contributed by atoms with Crippen molar-refractivity contribution in [3.63, 3.8) is 0 Å². The molecular formula is C16H26N2O3. The smallest absolute Gasteiger partial charge is 0.240 e. The first-order chi connectivity index (χ1) is 9.85. The van der Waals surface area contributed by atoms with E-state index >= 15 is 0 Å². The second-order valence-electron chi connectivity index (χ2n) is 5.47. The molecule has 0 aliphatic carbocycles. The molecule has 0 radical (unpaired) electrons. The molecule has 0 saturated carbocycles. The number of carbonyl (C=O) groups is 1. The summed E-state index contributed by atoms with van der Waals surface area (Å²) in [6.45, 7) is 5.67. The third-order valence-corrected chi connectivity index (χ3v) is 3.54. The molecule has 1 rings (SSSR count). The Morgan fingerprint density at radius 1 is 1.38 bits per heavy atom. The zero-order chi connectivity index (χ0) is 16.0. The van der Waals surface area contributed by atoms with Crippen LogP contribution in [0.25, 0.3) is 0 Å². The quantitative estimate of drug-likeness (QED) is 0.810. The Kier molecular flexibility index (Phi) is 6.03. The number of nitrogens with two attached hydrogens (primary N) is 1. The minimum absolute atomic E-state index is 0.158. The lowest BCUT2D eigenvalue weighted by molar-refractivity contribution is -0.126. The number of nitrogens with one attached hydrogen (secondary N) is 1. The van der Waals surface area contributed by atoms with Gasteiger partial charge in [0.2, 0.25) is 5.91 Å². The van der Waals surface area contributed by atoms with Gasteiger partial charge >= 0.3 is 0 Å². The van der Waals surface area contributed by atoms with E-state index in [1.807, 2.05) is 26.0 Å². The second kappa shape index (κ2) is 7.31. The summed E-state index contributed by atoms with van der Waals surface area (Å²) in [6.07, 6.45) is 1.51. The highest BCUT2D eigenvalue weighted by Gasteiger charge is 2.28. The van der Waals surface area contributed by atoms with Crippen molar-refractivity contribution in [3.05, 3.63) is 23.8 Å². The van der Waals surface area contributed by atoms with Crippen LogP contribution in [-0.2, 0) is 4.79 Å². The topological polar surface area (TPSA) is 73.6 Å². The van der Waals surface area contributed by atoms with E-state index in [2.05, 4.69) is 5.32 Å². The highest BCUT2D eigenvalue weighted by atomic mass is 16.5. The number of amides is 1. The molecule has 5 heteroatoms. The minimum Gasteiger partial charge on any atom is -0.497 e. The monoisotopic (exact) mass is 294 g/mol. The first kappa shape index (κ1) is 17.3. The highest BCUT2D eigenvalue weighted by molar-refractivity contribution is 5.86. The lowest BCUT2D eigenvalue weighted by Gasteiger charge is -2.26. The van der Waals surface area contributed by atoms with E-state index in [1.54, 1.807) is 27.2 Å². The van der Waals surface area contributed by atoms with E-state index in [-0.39, 0.29) is 11.9 Å². The molecule has 0 aliphatic heterocycles. The van der Waals surface area contributed by atoms with Crippen LogP contribution in [0, 0.1) is 0 Å². The van der Waals surface area contributed by atoms with Crippen molar-refractivity contribution in [2.75, 3.05) is 14.2 Å². The summed E-state index contributed by atoms with van der Waals surface area (Å²) in [6, 6.07) is 5.33. The molecule has 1 aromatic carbocycles. The fourth-order valence-corrected chi connectivity index (χ4v) is 2.25. The molecule has 0 aromatic heterocycles. The van der Waals surface area contributed by atoms with Crippen LogP contribution in [0.5, 0.6) is 11.5 Å². The SMILES string of the molecule is CCCC(C)(N)C(=O)NC(C)c1ccc(OC)cc1OC. The first-order valence-corrected chi connectivity index (χ1v) is 7.17. The van der Waals surface area contributed by atoms with Crippen LogP contribution in [0.2, 0.25) is 0 Å². The first-order valence-electron chi connectivity index (χ1n) is 7.17. The van der Waals surface area contributed by atoms with Crippen molar-refractivity contribution in [2.45, 2.75) is 45.2 Å². The maximum atomic E-state index is 12.3. The molecule has 3 N–H and O–H groups in total. The number of ether oxygens (including phenoxy) is 2. The van der Waals surface area contributed by atoms with E-state index in [0.717, 1.165) is 12.0 Å². The van der Waals surface area contributed by atoms with Gasteiger partial charge in [-0.3, -0.25) is 4.79 Å². The van der Waals surface area contributed by atoms with Gasteiger partial charge in [-0.25, -0.2) is 0 Å². The Bertz CT molecular complexity index is 486. The average Bonchev–Trinajstić information content (AvgIpc) is 2.46. The van der Waals surface area contributed by atoms with Crippen molar-refractivity contribution in [1.29, 1.82) is 0 Å². The summed E-state index contributed by atoms with van der Waals surface area (Å²) in [5.41, 5.74) is 6.08. The van der Waals surface area contributed by atoms with Crippen LogP contribution in [0.4, 0.5) is 0 Å². The van der Waals surface area contributed by atoms with Crippen molar-refractivity contribution in [2.24, 2.45) is 5.73 Å². The third kappa shape index (κ3) is 4.36. The number of rotatable bonds is 7. The summed E-state index contributed by atoms with van der Waals surface area (Å²) >= 11 is 0. The van der Waals surface area contributed by atoms with Crippen LogP contribution in [0.15, 0.2) is 18.2 Å². The number of hydrogen-bond acceptors (Lipinski definition) is 4. The minimum atomic E-state index is -0.858. The zero-order valence-corrected chi connectivity index (χ0v) is 13.5. The second-order valence-corrected chi connectivity index (χ2v) is 5.47. The molecule has 0 aliphatic rings. The van der Waals surface area contributed by atoms with Crippen LogP contribution in [-0.4, -0.2) is 25.7 Å². The maximum absolute atomic E-state index is 12.3. The molecule has 0 fully saturated rings. The molecule has 0 heterocycles. The Morgan fingerprint density at radius 3 is 2.57 bits per heavy atom. The van der Waals surface area contributed by atoms with Crippen LogP contribution in [0.1, 0.15) is 45.2 Å². The molecule has 1 aromatic rings. The Hall–Kier alpha value is -1.75. The molecule has 0 spiro atoms. The molecule has 1 amide bonds. The highest BCUT2D eigenvalue weighted by Crippen LogP contribution is 2.29. The molecule has 118 valence electrons. The number of carbonyl (C=O) groups excluding carboxylic acids is 1. The fourth-order valence-electron chi connectivity index (χ4n) is 2.25. The van der Waals surface area contributed by atoms with Gasteiger partial charge < -0.3 is 20.5 Å². The normalized spacial score (nSPS) is 15.0. The number of benzene rings is 1. The van der Waals surface area contributed by atoms with Crippen LogP contribution >= 0.6 is 0 Å². The van der Waals surface area contributed by atoms with Gasteiger partial charge in [-0.05, 0) is 32.4 Å². The number of hydrogen-bond donors (Lipinski definition) is 2. The lowest BCUT2D eigenvalue weighted by atomic mass is 9.95. The Labute approximate surface area is 126 Å². The van der Waals surface area contributed by atoms with Gasteiger partial charge in [-0.15, -0.1) is 0 Å². The molecule has 5 nitrogen and oxygen atoms in total. The molecule has 0 saturated heterocycles. The van der Waals surface area contributed by atoms with Gasteiger partial charge in [0.1, 0.15) is 11.5 Å². The summed E-state index contributed by atoms with van der Waals surface area (Å²) in [7, 11) is 3.20. The van der Waals surface area contributed by atoms with Gasteiger partial charge in [-0.1, -0.05) is 13.3 Å². The fraction of sp³-hybridized carbons (Fsp3) is 0.562. The van der Waals surface area contributed by atoms with Crippen molar-refractivity contribution in [1.82, 2.24) is 5.32 Å². The molecule has 2 unspecified atom stereocenters. The third-order valence-electron chi connectivity index (χ3n) is 3.54. The van der Waals surface area contributed by atoms with Crippen molar-refractivity contribution in [3.8, 4) is 11.5 Å². The number of methoxy groups -OCH3 is 2. The molecular weight excluding hydrogens is 268 g/mol. The van der Waals surface area contributed by atoms with Crippen molar-refractivity contribution >= 4 is 5.91 Å². The summed E-state index contributed by atoms with van der Waals surface area (Å²) < 4.78 is 10.5. The van der Waals surface area contributed by atoms with E-state index in [9.17, 15) is 4.79 Å². The van der Waals surface area contributed by atoms with Crippen LogP contribution in [0.3, 0.4) is 0 Å². The predicted octanol–water partition coefficient (Wildman–Crippen LogP) is 2.40. The Morgan fingerprint density at radius 2 is 2.05 bits per heavy atom. The van der Waals surface area contributed by atoms with E-state index in [1.165, 1.54) is 0 Å². The van der Waals surface area contributed by atoms with Gasteiger partial charge in [0.25, 0.3) is 0 Å². The lowest BCUT2D eigenvalue weighted by Crippen LogP contribution is -2.52. The molecule has 21 heavy (non-hydrogen) atoms. The standard InChI is InChI=1S/C16H26N2O3/c1-6-9-16(3,17)15(19)18-11(2)13-8-7-12(20-4)10-14(13)21-5/h7-8,10-11H,6,9,17H2,1-5H3,(H,18,19). The largest absolute Gasteiger partial charge is 0.497 e. The van der Waals surface area contributed by atoms with Crippen molar-refractivity contribution < 1.29 is 14.3 Å². The average molecular weight is 294 g/mol. The summed E-state index contributed by atoms with van der Waals surface area (Å²) in [4.78, 5) is 12.3. The van der Waals surface area contributed by atoms with E-state index in [0.29, 0.717) is 17.9 Å². The van der Waals surface area contributed by atoms with E-state index < -0.39 is 5.54 Å². The van der Waals surface area contributed by atoms with E-state index in [4.69, 9.17) is 15.2 Å². The van der Waals surface area contributed by atoms with Gasteiger partial charge in [0.05, 0.1) is 25.8 Å².